The van der Waals surface area contributed by atoms with Gasteiger partial charge >= 0.3 is 0 Å². The summed E-state index contributed by atoms with van der Waals surface area (Å²) in [5, 5.41) is 13.6. The van der Waals surface area contributed by atoms with Crippen molar-refractivity contribution in [3.63, 3.8) is 0 Å². The average Bonchev–Trinajstić information content (AvgIpc) is 2.88. The molecule has 1 heterocycles. The number of aromatic nitrogens is 2. The minimum Gasteiger partial charge on any atom is -0.389 e. The number of likely N-dealkylation sites (N-methyl/N-ethyl adjacent to an activating group) is 1. The zero-order valence-electron chi connectivity index (χ0n) is 11.7. The molecule has 0 saturated heterocycles. The van der Waals surface area contributed by atoms with Crippen LogP contribution in [0.3, 0.4) is 0 Å². The fourth-order valence-electron chi connectivity index (χ4n) is 1.92. The predicted molar refractivity (Wildman–Crippen MR) is 74.0 cm³/mol. The number of hydrogen-bond acceptors (Lipinski definition) is 6. The molecule has 0 spiro atoms. The summed E-state index contributed by atoms with van der Waals surface area (Å²) in [7, 11) is 3.44. The normalized spacial score (nSPS) is 12.8. The zero-order chi connectivity index (χ0) is 14.4. The van der Waals surface area contributed by atoms with E-state index in [9.17, 15) is 5.11 Å². The number of rotatable bonds is 7. The molecule has 1 atom stereocenters. The third-order valence-electron chi connectivity index (χ3n) is 2.79. The van der Waals surface area contributed by atoms with Crippen molar-refractivity contribution in [2.24, 2.45) is 0 Å². The van der Waals surface area contributed by atoms with E-state index in [-0.39, 0.29) is 0 Å². The van der Waals surface area contributed by atoms with E-state index in [0.717, 1.165) is 5.56 Å². The first-order valence-electron chi connectivity index (χ1n) is 6.42. The highest BCUT2D eigenvalue weighted by atomic mass is 16.5. The van der Waals surface area contributed by atoms with E-state index in [1.807, 2.05) is 42.3 Å². The van der Waals surface area contributed by atoms with Crippen LogP contribution in [0.4, 0.5) is 0 Å². The molecule has 1 unspecified atom stereocenters. The van der Waals surface area contributed by atoms with Crippen LogP contribution in [0.2, 0.25) is 0 Å². The number of benzene rings is 1. The lowest BCUT2D eigenvalue weighted by Gasteiger charge is -2.17. The number of aliphatic hydroxyl groups is 1. The summed E-state index contributed by atoms with van der Waals surface area (Å²) in [4.78, 5) is 6.25. The number of methoxy groups -OCH3 is 1. The molecule has 6 nitrogen and oxygen atoms in total. The smallest absolute Gasteiger partial charge is 0.241 e. The van der Waals surface area contributed by atoms with Gasteiger partial charge in [0.05, 0.1) is 19.3 Å². The molecular weight excluding hydrogens is 258 g/mol. The Morgan fingerprint density at radius 1 is 1.35 bits per heavy atom. The Morgan fingerprint density at radius 2 is 2.10 bits per heavy atom. The third-order valence-corrected chi connectivity index (χ3v) is 2.79. The number of hydrogen-bond donors (Lipinski definition) is 1. The summed E-state index contributed by atoms with van der Waals surface area (Å²) in [5.74, 6) is 1.10. The van der Waals surface area contributed by atoms with Crippen LogP contribution in [0.1, 0.15) is 5.89 Å². The Bertz CT molecular complexity index is 515. The molecule has 0 aliphatic rings. The maximum Gasteiger partial charge on any atom is 0.241 e. The molecule has 108 valence electrons. The number of ether oxygens (including phenoxy) is 1. The summed E-state index contributed by atoms with van der Waals surface area (Å²) in [6.45, 7) is 1.28. The van der Waals surface area contributed by atoms with E-state index in [4.69, 9.17) is 9.26 Å². The van der Waals surface area contributed by atoms with E-state index in [2.05, 4.69) is 10.1 Å². The topological polar surface area (TPSA) is 71.6 Å². The Kier molecular flexibility index (Phi) is 5.23. The molecule has 1 N–H and O–H groups in total. The Morgan fingerprint density at radius 3 is 2.80 bits per heavy atom. The minimum absolute atomic E-state index is 0.309. The van der Waals surface area contributed by atoms with Gasteiger partial charge in [-0.05, 0) is 7.05 Å². The van der Waals surface area contributed by atoms with E-state index in [1.165, 1.54) is 0 Å². The fraction of sp³-hybridized carbons (Fsp3) is 0.429. The Hall–Kier alpha value is -1.76. The van der Waals surface area contributed by atoms with Gasteiger partial charge in [-0.3, -0.25) is 4.90 Å². The van der Waals surface area contributed by atoms with Gasteiger partial charge in [-0.15, -0.1) is 0 Å². The molecule has 2 aromatic rings. The van der Waals surface area contributed by atoms with Gasteiger partial charge in [0.1, 0.15) is 0 Å². The molecule has 0 radical (unpaired) electrons. The van der Waals surface area contributed by atoms with Crippen LogP contribution in [0.25, 0.3) is 11.4 Å². The van der Waals surface area contributed by atoms with Crippen molar-refractivity contribution in [2.45, 2.75) is 12.6 Å². The molecule has 0 saturated carbocycles. The second-order valence-corrected chi connectivity index (χ2v) is 4.68. The highest BCUT2D eigenvalue weighted by Crippen LogP contribution is 2.15. The summed E-state index contributed by atoms with van der Waals surface area (Å²) < 4.78 is 10.1. The molecule has 2 rings (SSSR count). The molecule has 0 bridgehead atoms. The van der Waals surface area contributed by atoms with Gasteiger partial charge in [0, 0.05) is 19.2 Å². The van der Waals surface area contributed by atoms with Gasteiger partial charge in [0.15, 0.2) is 0 Å². The quantitative estimate of drug-likeness (QED) is 0.819. The maximum absolute atomic E-state index is 9.65. The Labute approximate surface area is 118 Å². The SMILES string of the molecule is COCC(O)CN(C)Cc1nc(-c2ccccc2)no1. The highest BCUT2D eigenvalue weighted by Gasteiger charge is 2.13. The van der Waals surface area contributed by atoms with Gasteiger partial charge in [0.25, 0.3) is 0 Å². The van der Waals surface area contributed by atoms with Crippen molar-refractivity contribution < 1.29 is 14.4 Å². The Balaban J connectivity index is 1.93. The molecule has 0 fully saturated rings. The second kappa shape index (κ2) is 7.14. The highest BCUT2D eigenvalue weighted by molar-refractivity contribution is 5.53. The van der Waals surface area contributed by atoms with Crippen molar-refractivity contribution in [3.8, 4) is 11.4 Å². The van der Waals surface area contributed by atoms with Crippen LogP contribution in [0.15, 0.2) is 34.9 Å². The van der Waals surface area contributed by atoms with Crippen molar-refractivity contribution in [1.29, 1.82) is 0 Å². The van der Waals surface area contributed by atoms with Crippen LogP contribution in [-0.2, 0) is 11.3 Å². The van der Waals surface area contributed by atoms with Gasteiger partial charge in [-0.1, -0.05) is 35.5 Å². The van der Waals surface area contributed by atoms with Crippen LogP contribution in [0, 0.1) is 0 Å². The number of aliphatic hydroxyl groups excluding tert-OH is 1. The zero-order valence-corrected chi connectivity index (χ0v) is 11.7. The van der Waals surface area contributed by atoms with Crippen LogP contribution in [-0.4, -0.2) is 53.6 Å². The molecule has 1 aromatic carbocycles. The van der Waals surface area contributed by atoms with Gasteiger partial charge < -0.3 is 14.4 Å². The van der Waals surface area contributed by atoms with Crippen molar-refractivity contribution in [1.82, 2.24) is 15.0 Å². The molecule has 6 heteroatoms. The monoisotopic (exact) mass is 277 g/mol. The van der Waals surface area contributed by atoms with E-state index in [0.29, 0.717) is 31.4 Å². The summed E-state index contributed by atoms with van der Waals surface area (Å²) in [6, 6.07) is 9.66. The standard InChI is InChI=1S/C14H19N3O3/c1-17(8-12(18)10-19-2)9-13-15-14(16-20-13)11-6-4-3-5-7-11/h3-7,12,18H,8-10H2,1-2H3. The molecule has 20 heavy (non-hydrogen) atoms. The van der Waals surface area contributed by atoms with Gasteiger partial charge in [-0.25, -0.2) is 0 Å². The molecule has 1 aromatic heterocycles. The van der Waals surface area contributed by atoms with E-state index >= 15 is 0 Å². The lowest BCUT2D eigenvalue weighted by molar-refractivity contribution is 0.0400. The third kappa shape index (κ3) is 4.12. The lowest BCUT2D eigenvalue weighted by Crippen LogP contribution is -2.31. The molecule has 0 amide bonds. The average molecular weight is 277 g/mol. The van der Waals surface area contributed by atoms with Crippen molar-refractivity contribution >= 4 is 0 Å². The van der Waals surface area contributed by atoms with Crippen molar-refractivity contribution in [2.75, 3.05) is 27.3 Å². The summed E-state index contributed by atoms with van der Waals surface area (Å²) in [5.41, 5.74) is 0.921. The first-order valence-corrected chi connectivity index (χ1v) is 6.42. The van der Waals surface area contributed by atoms with Crippen LogP contribution in [0.5, 0.6) is 0 Å². The summed E-state index contributed by atoms with van der Waals surface area (Å²) in [6.07, 6.45) is -0.526. The first-order chi connectivity index (χ1) is 9.69. The fourth-order valence-corrected chi connectivity index (χ4v) is 1.92. The van der Waals surface area contributed by atoms with Gasteiger partial charge in [0.2, 0.25) is 11.7 Å². The first kappa shape index (κ1) is 14.6. The number of nitrogens with zero attached hydrogens (tertiary/aromatic N) is 3. The molecule has 0 aliphatic carbocycles. The minimum atomic E-state index is -0.526. The maximum atomic E-state index is 9.65. The van der Waals surface area contributed by atoms with E-state index < -0.39 is 6.10 Å². The summed E-state index contributed by atoms with van der Waals surface area (Å²) >= 11 is 0. The molecular formula is C14H19N3O3. The van der Waals surface area contributed by atoms with Crippen LogP contribution >= 0.6 is 0 Å². The predicted octanol–water partition coefficient (Wildman–Crippen LogP) is 1.18. The van der Waals surface area contributed by atoms with E-state index in [1.54, 1.807) is 7.11 Å². The second-order valence-electron chi connectivity index (χ2n) is 4.68. The van der Waals surface area contributed by atoms with Gasteiger partial charge in [-0.2, -0.15) is 4.98 Å². The molecule has 0 aliphatic heterocycles. The van der Waals surface area contributed by atoms with Crippen molar-refractivity contribution in [3.05, 3.63) is 36.2 Å². The largest absolute Gasteiger partial charge is 0.389 e. The van der Waals surface area contributed by atoms with Crippen LogP contribution < -0.4 is 0 Å². The lowest BCUT2D eigenvalue weighted by atomic mass is 10.2.